The van der Waals surface area contributed by atoms with Crippen molar-refractivity contribution in [2.75, 3.05) is 17.7 Å². The number of nitrogens with one attached hydrogen (secondary N) is 1. The lowest BCUT2D eigenvalue weighted by Gasteiger charge is -2.26. The molecule has 2 aromatic carbocycles. The molecule has 3 N–H and O–H groups in total. The van der Waals surface area contributed by atoms with Crippen LogP contribution in [-0.4, -0.2) is 22.5 Å². The number of aliphatic imine (C=N–C) groups is 1. The zero-order valence-electron chi connectivity index (χ0n) is 14.8. The molecule has 6 heteroatoms. The molecule has 0 fully saturated rings. The molecule has 5 nitrogen and oxygen atoms in total. The topological polar surface area (TPSA) is 72.5 Å². The van der Waals surface area contributed by atoms with Gasteiger partial charge < -0.3 is 15.8 Å². The molecule has 2 atom stereocenters. The van der Waals surface area contributed by atoms with Gasteiger partial charge in [0.05, 0.1) is 12.6 Å². The molecule has 27 heavy (non-hydrogen) atoms. The summed E-state index contributed by atoms with van der Waals surface area (Å²) in [6.07, 6.45) is 2.83. The summed E-state index contributed by atoms with van der Waals surface area (Å²) in [6, 6.07) is 16.5. The smallest absolute Gasteiger partial charge is 0.154 e. The molecule has 2 aliphatic heterocycles. The predicted octanol–water partition coefficient (Wildman–Crippen LogP) is 4.48. The fourth-order valence-corrected chi connectivity index (χ4v) is 4.71. The van der Waals surface area contributed by atoms with Gasteiger partial charge >= 0.3 is 0 Å². The minimum Gasteiger partial charge on any atom is -0.493 e. The number of fused-ring (bicyclic) bond motifs is 4. The van der Waals surface area contributed by atoms with Crippen molar-refractivity contribution >= 4 is 39.2 Å². The summed E-state index contributed by atoms with van der Waals surface area (Å²) in [4.78, 5) is 9.27. The Morgan fingerprint density at radius 2 is 2.07 bits per heavy atom. The largest absolute Gasteiger partial charge is 0.493 e. The van der Waals surface area contributed by atoms with Gasteiger partial charge in [-0.15, -0.1) is 0 Å². The molecule has 3 aromatic rings. The second-order valence-corrected chi connectivity index (χ2v) is 7.92. The van der Waals surface area contributed by atoms with Gasteiger partial charge in [0.25, 0.3) is 0 Å². The monoisotopic (exact) mass is 376 g/mol. The first-order chi connectivity index (χ1) is 13.3. The number of nitrogens with zero attached hydrogens (tertiary/aromatic N) is 2. The van der Waals surface area contributed by atoms with Gasteiger partial charge in [0, 0.05) is 28.6 Å². The van der Waals surface area contributed by atoms with Crippen LogP contribution in [0.1, 0.15) is 18.0 Å². The van der Waals surface area contributed by atoms with E-state index in [-0.39, 0.29) is 6.04 Å². The number of anilines is 2. The molecule has 136 valence electrons. The van der Waals surface area contributed by atoms with Crippen LogP contribution in [0.25, 0.3) is 10.8 Å². The molecule has 1 aromatic heterocycles. The lowest BCUT2D eigenvalue weighted by molar-refractivity contribution is 0.296. The van der Waals surface area contributed by atoms with E-state index in [1.54, 1.807) is 11.8 Å². The van der Waals surface area contributed by atoms with Gasteiger partial charge in [0.15, 0.2) is 5.17 Å². The maximum Gasteiger partial charge on any atom is 0.154 e. The molecule has 3 heterocycles. The summed E-state index contributed by atoms with van der Waals surface area (Å²) in [5, 5.41) is 6.40. The normalized spacial score (nSPS) is 21.4. The van der Waals surface area contributed by atoms with Gasteiger partial charge in [-0.2, -0.15) is 0 Å². The summed E-state index contributed by atoms with van der Waals surface area (Å²) >= 11 is 1.64. The molecule has 5 rings (SSSR count). The first-order valence-corrected chi connectivity index (χ1v) is 10.1. The van der Waals surface area contributed by atoms with Crippen molar-refractivity contribution in [3.05, 3.63) is 60.3 Å². The Balaban J connectivity index is 1.54. The molecule has 2 aliphatic rings. The van der Waals surface area contributed by atoms with Gasteiger partial charge in [-0.1, -0.05) is 36.0 Å². The second kappa shape index (κ2) is 6.78. The Labute approximate surface area is 162 Å². The highest BCUT2D eigenvalue weighted by Crippen LogP contribution is 2.43. The zero-order valence-corrected chi connectivity index (χ0v) is 15.6. The van der Waals surface area contributed by atoms with Crippen molar-refractivity contribution in [2.45, 2.75) is 12.5 Å². The lowest BCUT2D eigenvalue weighted by atomic mass is 9.92. The maximum absolute atomic E-state index is 6.02. The highest BCUT2D eigenvalue weighted by Gasteiger charge is 2.32. The van der Waals surface area contributed by atoms with Crippen LogP contribution < -0.4 is 15.8 Å². The standard InChI is InChI=1S/C21H20N4OS/c22-21-25-19-14(12-27-21)8-10-26-18-6-5-15(11-17(18)19)24-20-16-4-2-1-3-13(16)7-9-23-20/h1-7,9,11,14,19H,8,10,12H2,(H2,22,25)(H,23,24). The number of amidine groups is 1. The van der Waals surface area contributed by atoms with Crippen molar-refractivity contribution in [3.63, 3.8) is 0 Å². The van der Waals surface area contributed by atoms with Crippen molar-refractivity contribution in [1.29, 1.82) is 0 Å². The van der Waals surface area contributed by atoms with Crippen LogP contribution in [0, 0.1) is 5.92 Å². The Bertz CT molecular complexity index is 1030. The summed E-state index contributed by atoms with van der Waals surface area (Å²) in [5.74, 6) is 3.20. The molecule has 0 saturated carbocycles. The molecule has 0 spiro atoms. The average molecular weight is 376 g/mol. The zero-order chi connectivity index (χ0) is 18.2. The number of pyridine rings is 1. The summed E-state index contributed by atoms with van der Waals surface area (Å²) in [5.41, 5.74) is 8.10. The minimum atomic E-state index is 0.0611. The lowest BCUT2D eigenvalue weighted by Crippen LogP contribution is -2.24. The fraction of sp³-hybridized carbons (Fsp3) is 0.238. The number of nitrogens with two attached hydrogens (primary N) is 1. The second-order valence-electron chi connectivity index (χ2n) is 6.88. The number of hydrogen-bond acceptors (Lipinski definition) is 6. The van der Waals surface area contributed by atoms with E-state index in [1.807, 2.05) is 36.5 Å². The summed E-state index contributed by atoms with van der Waals surface area (Å²) < 4.78 is 5.99. The van der Waals surface area contributed by atoms with E-state index in [1.165, 1.54) is 0 Å². The van der Waals surface area contributed by atoms with Crippen molar-refractivity contribution in [2.24, 2.45) is 16.6 Å². The van der Waals surface area contributed by atoms with Crippen LogP contribution >= 0.6 is 11.8 Å². The van der Waals surface area contributed by atoms with E-state index in [9.17, 15) is 0 Å². The van der Waals surface area contributed by atoms with E-state index >= 15 is 0 Å². The number of ether oxygens (including phenoxy) is 1. The number of rotatable bonds is 2. The van der Waals surface area contributed by atoms with Gasteiger partial charge in [0.2, 0.25) is 0 Å². The predicted molar refractivity (Wildman–Crippen MR) is 112 cm³/mol. The third kappa shape index (κ3) is 3.10. The summed E-state index contributed by atoms with van der Waals surface area (Å²) in [6.45, 7) is 0.724. The fourth-order valence-electron chi connectivity index (χ4n) is 3.79. The van der Waals surface area contributed by atoms with E-state index in [0.29, 0.717) is 11.1 Å². The first-order valence-electron chi connectivity index (χ1n) is 9.11. The minimum absolute atomic E-state index is 0.0611. The van der Waals surface area contributed by atoms with E-state index in [4.69, 9.17) is 15.5 Å². The molecule has 2 unspecified atom stereocenters. The van der Waals surface area contributed by atoms with Crippen LogP contribution in [-0.2, 0) is 0 Å². The molecule has 0 saturated heterocycles. The van der Waals surface area contributed by atoms with Gasteiger partial charge in [-0.3, -0.25) is 4.99 Å². The van der Waals surface area contributed by atoms with Gasteiger partial charge in [-0.25, -0.2) is 4.98 Å². The Kier molecular flexibility index (Phi) is 4.13. The quantitative estimate of drug-likeness (QED) is 0.690. The molecular formula is C21H20N4OS. The van der Waals surface area contributed by atoms with Crippen LogP contribution in [0.15, 0.2) is 59.7 Å². The van der Waals surface area contributed by atoms with Gasteiger partial charge in [0.1, 0.15) is 11.6 Å². The highest BCUT2D eigenvalue weighted by atomic mass is 32.2. The summed E-state index contributed by atoms with van der Waals surface area (Å²) in [7, 11) is 0. The van der Waals surface area contributed by atoms with Crippen LogP contribution in [0.3, 0.4) is 0 Å². The molecule has 0 amide bonds. The number of thioether (sulfide) groups is 1. The Morgan fingerprint density at radius 1 is 1.15 bits per heavy atom. The highest BCUT2D eigenvalue weighted by molar-refractivity contribution is 8.13. The number of aromatic nitrogens is 1. The van der Waals surface area contributed by atoms with Gasteiger partial charge in [-0.05, 0) is 42.0 Å². The van der Waals surface area contributed by atoms with Crippen LogP contribution in [0.2, 0.25) is 0 Å². The van der Waals surface area contributed by atoms with E-state index in [2.05, 4.69) is 28.5 Å². The number of benzene rings is 2. The molecule has 0 aliphatic carbocycles. The van der Waals surface area contributed by atoms with Crippen LogP contribution in [0.5, 0.6) is 5.75 Å². The third-order valence-corrected chi connectivity index (χ3v) is 6.17. The number of hydrogen-bond donors (Lipinski definition) is 2. The van der Waals surface area contributed by atoms with E-state index in [0.717, 1.165) is 52.4 Å². The SMILES string of the molecule is NC1=NC2c3cc(Nc4nccc5ccccc45)ccc3OCCC2CS1. The van der Waals surface area contributed by atoms with E-state index < -0.39 is 0 Å². The molecule has 0 radical (unpaired) electrons. The maximum atomic E-state index is 6.02. The molecule has 0 bridgehead atoms. The van der Waals surface area contributed by atoms with Crippen LogP contribution in [0.4, 0.5) is 11.5 Å². The molecular weight excluding hydrogens is 356 g/mol. The van der Waals surface area contributed by atoms with Crippen molar-refractivity contribution in [3.8, 4) is 5.75 Å². The first kappa shape index (κ1) is 16.4. The third-order valence-electron chi connectivity index (χ3n) is 5.17. The van der Waals surface area contributed by atoms with Crippen molar-refractivity contribution < 1.29 is 4.74 Å². The average Bonchev–Trinajstić information content (AvgIpc) is 2.87. The Morgan fingerprint density at radius 3 is 3.04 bits per heavy atom. The Hall–Kier alpha value is -2.73. The van der Waals surface area contributed by atoms with Crippen molar-refractivity contribution in [1.82, 2.24) is 4.98 Å².